The topological polar surface area (TPSA) is 94.0 Å². The number of thiocarbonyl (C=S) groups is 1. The first-order valence-corrected chi connectivity index (χ1v) is 7.33. The molecule has 0 spiro atoms. The van der Waals surface area contributed by atoms with Gasteiger partial charge in [-0.1, -0.05) is 43.1 Å². The van der Waals surface area contributed by atoms with Gasteiger partial charge < -0.3 is 15.6 Å². The molecular weight excluding hydrogens is 276 g/mol. The van der Waals surface area contributed by atoms with Crippen molar-refractivity contribution in [2.45, 2.75) is 52.0 Å². The minimum atomic E-state index is -0.721. The number of nitrogens with zero attached hydrogens (tertiary/aromatic N) is 2. The number of carbonyl (C=O) groups excluding carboxylic acids is 1. The van der Waals surface area contributed by atoms with E-state index in [1.165, 1.54) is 0 Å². The van der Waals surface area contributed by atoms with Crippen LogP contribution < -0.4 is 11.1 Å². The molecule has 1 heterocycles. The molecule has 1 fully saturated rings. The second kappa shape index (κ2) is 6.30. The number of aromatic nitrogens is 2. The molecule has 1 aliphatic carbocycles. The molecule has 2 rings (SSSR count). The van der Waals surface area contributed by atoms with Gasteiger partial charge in [0.2, 0.25) is 11.8 Å². The Morgan fingerprint density at radius 2 is 2.05 bits per heavy atom. The van der Waals surface area contributed by atoms with Crippen LogP contribution in [0.15, 0.2) is 4.52 Å². The van der Waals surface area contributed by atoms with E-state index >= 15 is 0 Å². The molecule has 1 aromatic rings. The van der Waals surface area contributed by atoms with E-state index < -0.39 is 5.41 Å². The number of nitrogens with two attached hydrogens (primary N) is 1. The van der Waals surface area contributed by atoms with Crippen molar-refractivity contribution in [2.24, 2.45) is 11.1 Å². The second-order valence-corrected chi connectivity index (χ2v) is 5.72. The lowest BCUT2D eigenvalue weighted by molar-refractivity contribution is -0.128. The maximum Gasteiger partial charge on any atom is 0.246 e. The highest BCUT2D eigenvalue weighted by atomic mass is 32.1. The van der Waals surface area contributed by atoms with Crippen LogP contribution in [0.5, 0.6) is 0 Å². The molecule has 0 aromatic carbocycles. The lowest BCUT2D eigenvalue weighted by atomic mass is 9.79. The molecule has 1 aliphatic rings. The third kappa shape index (κ3) is 3.15. The predicted octanol–water partition coefficient (Wildman–Crippen LogP) is 1.62. The Hall–Kier alpha value is -1.50. The van der Waals surface area contributed by atoms with Crippen molar-refractivity contribution in [3.8, 4) is 0 Å². The van der Waals surface area contributed by atoms with E-state index in [1.807, 2.05) is 0 Å². The Morgan fingerprint density at radius 1 is 1.40 bits per heavy atom. The van der Waals surface area contributed by atoms with Gasteiger partial charge in [-0.05, 0) is 19.8 Å². The lowest BCUT2D eigenvalue weighted by Crippen LogP contribution is -2.48. The van der Waals surface area contributed by atoms with Crippen LogP contribution in [0, 0.1) is 12.3 Å². The van der Waals surface area contributed by atoms with Gasteiger partial charge in [-0.2, -0.15) is 4.98 Å². The molecule has 0 unspecified atom stereocenters. The third-order valence-corrected chi connectivity index (χ3v) is 4.22. The average Bonchev–Trinajstić information content (AvgIpc) is 2.68. The SMILES string of the molecule is Cc1noc(CNC(=O)C2(C(N)=S)CCCCCC2)n1. The fraction of sp³-hybridized carbons (Fsp3) is 0.692. The molecule has 1 aromatic heterocycles. The Bertz CT molecular complexity index is 492. The van der Waals surface area contributed by atoms with E-state index in [2.05, 4.69) is 15.5 Å². The Kier molecular flexibility index (Phi) is 4.69. The summed E-state index contributed by atoms with van der Waals surface area (Å²) in [5.74, 6) is 0.818. The summed E-state index contributed by atoms with van der Waals surface area (Å²) >= 11 is 5.16. The molecular formula is C13H20N4O2S. The zero-order valence-electron chi connectivity index (χ0n) is 11.6. The minimum absolute atomic E-state index is 0.122. The summed E-state index contributed by atoms with van der Waals surface area (Å²) in [5.41, 5.74) is 5.14. The smallest absolute Gasteiger partial charge is 0.246 e. The fourth-order valence-corrected chi connectivity index (χ4v) is 2.95. The molecule has 1 amide bonds. The Labute approximate surface area is 123 Å². The van der Waals surface area contributed by atoms with Gasteiger partial charge in [0.1, 0.15) is 0 Å². The number of aryl methyl sites for hydroxylation is 1. The molecule has 0 saturated heterocycles. The van der Waals surface area contributed by atoms with E-state index in [9.17, 15) is 4.79 Å². The standard InChI is InChI=1S/C13H20N4O2S/c1-9-16-10(19-17-9)8-15-12(18)13(11(14)20)6-4-2-3-5-7-13/h2-8H2,1H3,(H2,14,20)(H,15,18). The van der Waals surface area contributed by atoms with Crippen LogP contribution >= 0.6 is 12.2 Å². The molecule has 110 valence electrons. The summed E-state index contributed by atoms with van der Waals surface area (Å²) in [6.45, 7) is 1.95. The van der Waals surface area contributed by atoms with E-state index in [0.717, 1.165) is 38.5 Å². The molecule has 0 radical (unpaired) electrons. The zero-order chi connectivity index (χ0) is 14.6. The minimum Gasteiger partial charge on any atom is -0.392 e. The molecule has 0 aliphatic heterocycles. The van der Waals surface area contributed by atoms with Crippen LogP contribution in [0.3, 0.4) is 0 Å². The maximum atomic E-state index is 12.5. The van der Waals surface area contributed by atoms with Gasteiger partial charge in [-0.25, -0.2) is 0 Å². The first-order valence-electron chi connectivity index (χ1n) is 6.92. The molecule has 7 heteroatoms. The molecule has 20 heavy (non-hydrogen) atoms. The quantitative estimate of drug-likeness (QED) is 0.647. The lowest BCUT2D eigenvalue weighted by Gasteiger charge is -2.29. The highest BCUT2D eigenvalue weighted by Gasteiger charge is 2.41. The van der Waals surface area contributed by atoms with E-state index in [0.29, 0.717) is 16.7 Å². The Balaban J connectivity index is 2.05. The van der Waals surface area contributed by atoms with Crippen molar-refractivity contribution in [1.29, 1.82) is 0 Å². The molecule has 0 bridgehead atoms. The number of rotatable bonds is 4. The largest absolute Gasteiger partial charge is 0.392 e. The summed E-state index contributed by atoms with van der Waals surface area (Å²) in [6.07, 6.45) is 5.64. The summed E-state index contributed by atoms with van der Waals surface area (Å²) < 4.78 is 4.98. The third-order valence-electron chi connectivity index (χ3n) is 3.83. The van der Waals surface area contributed by atoms with Crippen molar-refractivity contribution >= 4 is 23.1 Å². The van der Waals surface area contributed by atoms with Crippen molar-refractivity contribution in [3.05, 3.63) is 11.7 Å². The number of nitrogens with one attached hydrogen (secondary N) is 1. The van der Waals surface area contributed by atoms with E-state index in [-0.39, 0.29) is 12.5 Å². The van der Waals surface area contributed by atoms with Crippen molar-refractivity contribution in [2.75, 3.05) is 0 Å². The zero-order valence-corrected chi connectivity index (χ0v) is 12.5. The van der Waals surface area contributed by atoms with Gasteiger partial charge >= 0.3 is 0 Å². The van der Waals surface area contributed by atoms with Crippen molar-refractivity contribution < 1.29 is 9.32 Å². The Morgan fingerprint density at radius 3 is 2.55 bits per heavy atom. The van der Waals surface area contributed by atoms with E-state index in [1.54, 1.807) is 6.92 Å². The van der Waals surface area contributed by atoms with Gasteiger partial charge in [0.15, 0.2) is 5.82 Å². The highest BCUT2D eigenvalue weighted by molar-refractivity contribution is 7.80. The van der Waals surface area contributed by atoms with Gasteiger partial charge in [0.25, 0.3) is 0 Å². The number of hydrogen-bond donors (Lipinski definition) is 2. The summed E-state index contributed by atoms with van der Waals surface area (Å²) in [5, 5.41) is 6.52. The van der Waals surface area contributed by atoms with Crippen molar-refractivity contribution in [3.63, 3.8) is 0 Å². The van der Waals surface area contributed by atoms with Crippen LogP contribution in [0.25, 0.3) is 0 Å². The van der Waals surface area contributed by atoms with Crippen LogP contribution in [-0.4, -0.2) is 21.0 Å². The summed E-state index contributed by atoms with van der Waals surface area (Å²) in [6, 6.07) is 0. The van der Waals surface area contributed by atoms with Crippen LogP contribution in [-0.2, 0) is 11.3 Å². The molecule has 3 N–H and O–H groups in total. The monoisotopic (exact) mass is 296 g/mol. The second-order valence-electron chi connectivity index (χ2n) is 5.28. The van der Waals surface area contributed by atoms with Crippen LogP contribution in [0.2, 0.25) is 0 Å². The van der Waals surface area contributed by atoms with Crippen LogP contribution in [0.1, 0.15) is 50.2 Å². The molecule has 1 saturated carbocycles. The van der Waals surface area contributed by atoms with Crippen LogP contribution in [0.4, 0.5) is 0 Å². The van der Waals surface area contributed by atoms with Crippen molar-refractivity contribution in [1.82, 2.24) is 15.5 Å². The highest BCUT2D eigenvalue weighted by Crippen LogP contribution is 2.35. The van der Waals surface area contributed by atoms with Gasteiger partial charge in [0.05, 0.1) is 16.9 Å². The summed E-state index contributed by atoms with van der Waals surface area (Å²) in [7, 11) is 0. The maximum absolute atomic E-state index is 12.5. The van der Waals surface area contributed by atoms with Gasteiger partial charge in [-0.3, -0.25) is 4.79 Å². The first kappa shape index (κ1) is 14.9. The number of carbonyl (C=O) groups is 1. The number of hydrogen-bond acceptors (Lipinski definition) is 5. The normalized spacial score (nSPS) is 18.2. The molecule has 0 atom stereocenters. The first-order chi connectivity index (χ1) is 9.54. The number of amides is 1. The predicted molar refractivity (Wildman–Crippen MR) is 77.8 cm³/mol. The molecule has 6 nitrogen and oxygen atoms in total. The van der Waals surface area contributed by atoms with Gasteiger partial charge in [-0.15, -0.1) is 0 Å². The van der Waals surface area contributed by atoms with E-state index in [4.69, 9.17) is 22.5 Å². The fourth-order valence-electron chi connectivity index (χ4n) is 2.65. The van der Waals surface area contributed by atoms with Gasteiger partial charge in [0, 0.05) is 0 Å². The average molecular weight is 296 g/mol. The summed E-state index contributed by atoms with van der Waals surface area (Å²) in [4.78, 5) is 16.9.